The van der Waals surface area contributed by atoms with E-state index >= 15 is 0 Å². The number of hydrogen-bond acceptors (Lipinski definition) is 8. The summed E-state index contributed by atoms with van der Waals surface area (Å²) in [6.45, 7) is -0.0969. The molecule has 2 amide bonds. The van der Waals surface area contributed by atoms with Crippen LogP contribution in [-0.4, -0.2) is 31.9 Å². The van der Waals surface area contributed by atoms with Gasteiger partial charge in [-0.05, 0) is 90.9 Å². The molecule has 0 atom stereocenters. The Morgan fingerprint density at radius 3 is 2.60 bits per heavy atom. The van der Waals surface area contributed by atoms with Crippen LogP contribution in [0.2, 0.25) is 0 Å². The average Bonchev–Trinajstić information content (AvgIpc) is 3.39. The van der Waals surface area contributed by atoms with Crippen molar-refractivity contribution < 1.29 is 22.7 Å². The predicted octanol–water partition coefficient (Wildman–Crippen LogP) is 5.65. The molecule has 0 bridgehead atoms. The summed E-state index contributed by atoms with van der Waals surface area (Å²) in [5.41, 5.74) is 11.0. The van der Waals surface area contributed by atoms with Gasteiger partial charge >= 0.3 is 0 Å². The highest BCUT2D eigenvalue weighted by molar-refractivity contribution is 7.89. The van der Waals surface area contributed by atoms with E-state index in [1.165, 1.54) is 35.6 Å². The van der Waals surface area contributed by atoms with Crippen LogP contribution in [0, 0.1) is 0 Å². The maximum atomic E-state index is 13.5. The van der Waals surface area contributed by atoms with Crippen molar-refractivity contribution >= 4 is 43.9 Å². The third-order valence-electron chi connectivity index (χ3n) is 6.69. The molecule has 0 unspecified atom stereocenters. The molecule has 3 N–H and O–H groups in total. The van der Waals surface area contributed by atoms with Gasteiger partial charge in [-0.15, -0.1) is 11.3 Å². The molecule has 0 radical (unpaired) electrons. The lowest BCUT2D eigenvalue weighted by Gasteiger charge is -2.14. The predicted molar refractivity (Wildman–Crippen MR) is 163 cm³/mol. The third kappa shape index (κ3) is 7.37. The van der Waals surface area contributed by atoms with Gasteiger partial charge in [0.05, 0.1) is 10.5 Å². The molecule has 12 nitrogen and oxygen atoms in total. The number of aromatic nitrogens is 1. The second-order valence-corrected chi connectivity index (χ2v) is 12.4. The number of thiophene rings is 1. The molecule has 0 aliphatic heterocycles. The SMILES string of the molecule is [N-]=[N+]=NCOc1ccc(NC(=O)c2c(NC(=O)c3cccc(S(=O)(=O)NCc4cccnc4)c3)sc3c2CCCC3)cc1. The normalized spacial score (nSPS) is 12.5. The third-order valence-corrected chi connectivity index (χ3v) is 9.29. The van der Waals surface area contributed by atoms with Gasteiger partial charge in [0.25, 0.3) is 11.8 Å². The molecule has 4 aromatic rings. The van der Waals surface area contributed by atoms with Crippen molar-refractivity contribution in [2.75, 3.05) is 17.4 Å². The van der Waals surface area contributed by atoms with E-state index in [1.54, 1.807) is 48.8 Å². The summed E-state index contributed by atoms with van der Waals surface area (Å²) in [6, 6.07) is 15.8. The maximum absolute atomic E-state index is 13.5. The number of aryl methyl sites for hydroxylation is 1. The number of benzene rings is 2. The van der Waals surface area contributed by atoms with Crippen molar-refractivity contribution in [2.45, 2.75) is 37.1 Å². The molecule has 220 valence electrons. The summed E-state index contributed by atoms with van der Waals surface area (Å²) in [6.07, 6.45) is 6.62. The zero-order valence-electron chi connectivity index (χ0n) is 22.8. The van der Waals surface area contributed by atoms with Gasteiger partial charge in [-0.25, -0.2) is 13.1 Å². The lowest BCUT2D eigenvalue weighted by Crippen LogP contribution is -2.24. The van der Waals surface area contributed by atoms with Crippen LogP contribution in [0.3, 0.4) is 0 Å². The molecule has 2 heterocycles. The Labute approximate surface area is 251 Å². The van der Waals surface area contributed by atoms with Gasteiger partial charge in [0.1, 0.15) is 10.8 Å². The Hall–Kier alpha value is -4.75. The Bertz CT molecular complexity index is 1790. The number of ether oxygens (including phenoxy) is 1. The number of carbonyl (C=O) groups excluding carboxylic acids is 2. The highest BCUT2D eigenvalue weighted by Crippen LogP contribution is 2.39. The highest BCUT2D eigenvalue weighted by Gasteiger charge is 2.27. The van der Waals surface area contributed by atoms with Gasteiger partial charge in [0.15, 0.2) is 6.73 Å². The lowest BCUT2D eigenvalue weighted by molar-refractivity contribution is 0.102. The average molecular weight is 618 g/mol. The summed E-state index contributed by atoms with van der Waals surface area (Å²) in [5, 5.41) is 9.48. The van der Waals surface area contributed by atoms with Gasteiger partial charge in [0.2, 0.25) is 10.0 Å². The monoisotopic (exact) mass is 617 g/mol. The number of rotatable bonds is 11. The lowest BCUT2D eigenvalue weighted by atomic mass is 9.95. The first-order valence-electron chi connectivity index (χ1n) is 13.3. The minimum Gasteiger partial charge on any atom is -0.488 e. The van der Waals surface area contributed by atoms with E-state index in [-0.39, 0.29) is 29.6 Å². The van der Waals surface area contributed by atoms with Crippen molar-refractivity contribution in [1.82, 2.24) is 9.71 Å². The number of nitrogens with zero attached hydrogens (tertiary/aromatic N) is 4. The molecule has 2 aromatic carbocycles. The summed E-state index contributed by atoms with van der Waals surface area (Å²) < 4.78 is 33.7. The second-order valence-electron chi connectivity index (χ2n) is 9.57. The van der Waals surface area contributed by atoms with E-state index in [9.17, 15) is 18.0 Å². The number of pyridine rings is 1. The van der Waals surface area contributed by atoms with Crippen molar-refractivity contribution in [2.24, 2.45) is 5.11 Å². The van der Waals surface area contributed by atoms with Crippen LogP contribution in [-0.2, 0) is 29.4 Å². The smallest absolute Gasteiger partial charge is 0.258 e. The van der Waals surface area contributed by atoms with Crippen LogP contribution >= 0.6 is 11.3 Å². The van der Waals surface area contributed by atoms with E-state index in [0.717, 1.165) is 29.7 Å². The summed E-state index contributed by atoms with van der Waals surface area (Å²) in [5.74, 6) is -0.422. The summed E-state index contributed by atoms with van der Waals surface area (Å²) in [4.78, 5) is 34.5. The van der Waals surface area contributed by atoms with Gasteiger partial charge in [-0.1, -0.05) is 17.2 Å². The number of carbonyl (C=O) groups is 2. The van der Waals surface area contributed by atoms with E-state index in [2.05, 4.69) is 30.4 Å². The van der Waals surface area contributed by atoms with Gasteiger partial charge < -0.3 is 15.4 Å². The molecule has 0 fully saturated rings. The van der Waals surface area contributed by atoms with Crippen LogP contribution in [0.15, 0.2) is 83.1 Å². The molecule has 0 saturated carbocycles. The molecule has 5 rings (SSSR count). The largest absolute Gasteiger partial charge is 0.488 e. The molecular weight excluding hydrogens is 590 g/mol. The first-order chi connectivity index (χ1) is 20.8. The quantitative estimate of drug-likeness (QED) is 0.111. The van der Waals surface area contributed by atoms with Gasteiger partial charge in [0, 0.05) is 40.0 Å². The van der Waals surface area contributed by atoms with E-state index in [1.807, 2.05) is 0 Å². The van der Waals surface area contributed by atoms with Crippen LogP contribution in [0.1, 0.15) is 49.6 Å². The summed E-state index contributed by atoms with van der Waals surface area (Å²) in [7, 11) is -3.90. The Morgan fingerprint density at radius 1 is 1.02 bits per heavy atom. The number of hydrogen-bond donors (Lipinski definition) is 3. The molecule has 0 saturated heterocycles. The number of anilines is 2. The van der Waals surface area contributed by atoms with Gasteiger partial charge in [-0.3, -0.25) is 14.6 Å². The first-order valence-corrected chi connectivity index (χ1v) is 15.6. The van der Waals surface area contributed by atoms with Crippen molar-refractivity contribution in [3.63, 3.8) is 0 Å². The second kappa shape index (κ2) is 13.5. The number of nitrogens with one attached hydrogen (secondary N) is 3. The fourth-order valence-corrected chi connectivity index (χ4v) is 6.94. The maximum Gasteiger partial charge on any atom is 0.258 e. The number of fused-ring (bicyclic) bond motifs is 1. The van der Waals surface area contributed by atoms with E-state index < -0.39 is 15.9 Å². The molecule has 2 aromatic heterocycles. The number of sulfonamides is 1. The number of amides is 2. The Morgan fingerprint density at radius 2 is 1.84 bits per heavy atom. The molecule has 14 heteroatoms. The van der Waals surface area contributed by atoms with Crippen LogP contribution < -0.4 is 20.1 Å². The number of azide groups is 1. The fraction of sp³-hybridized carbons (Fsp3) is 0.207. The molecule has 1 aliphatic rings. The molecular formula is C29H27N7O5S2. The first kappa shape index (κ1) is 29.7. The van der Waals surface area contributed by atoms with Crippen molar-refractivity contribution in [3.8, 4) is 5.75 Å². The van der Waals surface area contributed by atoms with Crippen LogP contribution in [0.5, 0.6) is 5.75 Å². The minimum atomic E-state index is -3.90. The van der Waals surface area contributed by atoms with E-state index in [0.29, 0.717) is 34.0 Å². The molecule has 0 spiro atoms. The van der Waals surface area contributed by atoms with Crippen LogP contribution in [0.4, 0.5) is 10.7 Å². The van der Waals surface area contributed by atoms with Gasteiger partial charge in [-0.2, -0.15) is 0 Å². The standard InChI is InChI=1S/C29H27N7O5S2/c30-36-32-18-41-22-12-10-21(11-13-22)34-28(38)26-24-8-1-2-9-25(24)42-29(26)35-27(37)20-6-3-7-23(15-20)43(39,40)33-17-19-5-4-14-31-16-19/h3-7,10-16,33H,1-2,8-9,17-18H2,(H,34,38)(H,35,37). The zero-order chi connectivity index (χ0) is 30.2. The molecule has 43 heavy (non-hydrogen) atoms. The summed E-state index contributed by atoms with van der Waals surface area (Å²) >= 11 is 1.36. The topological polar surface area (TPSA) is 175 Å². The minimum absolute atomic E-state index is 0.0529. The fourth-order valence-electron chi connectivity index (χ4n) is 4.60. The zero-order valence-corrected chi connectivity index (χ0v) is 24.5. The van der Waals surface area contributed by atoms with Crippen molar-refractivity contribution in [3.05, 3.63) is 111 Å². The highest BCUT2D eigenvalue weighted by atomic mass is 32.2. The Kier molecular flexibility index (Phi) is 9.32. The van der Waals surface area contributed by atoms with Crippen molar-refractivity contribution in [1.29, 1.82) is 0 Å². The Balaban J connectivity index is 1.33. The van der Waals surface area contributed by atoms with Crippen LogP contribution in [0.25, 0.3) is 10.4 Å². The van der Waals surface area contributed by atoms with E-state index in [4.69, 9.17) is 10.3 Å². The molecule has 1 aliphatic carbocycles.